The number of hydrogen-bond acceptors (Lipinski definition) is 6. The topological polar surface area (TPSA) is 74.5 Å². The van der Waals surface area contributed by atoms with Crippen LogP contribution in [0.3, 0.4) is 0 Å². The Bertz CT molecular complexity index is 508. The number of nitro groups is 1. The predicted octanol–water partition coefficient (Wildman–Crippen LogP) is 1.95. The maximum absolute atomic E-state index is 11.2. The first-order valence-electron chi connectivity index (χ1n) is 7.37. The Hall–Kier alpha value is -1.89. The van der Waals surface area contributed by atoms with Gasteiger partial charge in [0.15, 0.2) is 0 Å². The second-order valence-corrected chi connectivity index (χ2v) is 5.50. The van der Waals surface area contributed by atoms with Crippen molar-refractivity contribution in [2.45, 2.75) is 26.3 Å². The summed E-state index contributed by atoms with van der Waals surface area (Å²) in [5, 5.41) is 14.4. The molecule has 1 unspecified atom stereocenters. The lowest BCUT2D eigenvalue weighted by Crippen LogP contribution is -2.50. The van der Waals surface area contributed by atoms with Crippen molar-refractivity contribution < 1.29 is 4.92 Å². The molecule has 0 radical (unpaired) electrons. The van der Waals surface area contributed by atoms with Crippen molar-refractivity contribution in [2.75, 3.05) is 43.4 Å². The average molecular weight is 293 g/mol. The van der Waals surface area contributed by atoms with Gasteiger partial charge in [-0.1, -0.05) is 6.92 Å². The van der Waals surface area contributed by atoms with E-state index < -0.39 is 0 Å². The predicted molar refractivity (Wildman–Crippen MR) is 84.0 cm³/mol. The van der Waals surface area contributed by atoms with Crippen molar-refractivity contribution in [1.82, 2.24) is 9.88 Å². The quantitative estimate of drug-likeness (QED) is 0.660. The molecule has 1 N–H and O–H groups in total. The number of aromatic nitrogens is 1. The zero-order valence-corrected chi connectivity index (χ0v) is 12.9. The van der Waals surface area contributed by atoms with Crippen LogP contribution in [0.1, 0.15) is 20.3 Å². The van der Waals surface area contributed by atoms with Gasteiger partial charge >= 0.3 is 5.69 Å². The highest BCUT2D eigenvalue weighted by molar-refractivity contribution is 5.62. The van der Waals surface area contributed by atoms with Gasteiger partial charge < -0.3 is 15.1 Å². The minimum atomic E-state index is -0.352. The zero-order valence-electron chi connectivity index (χ0n) is 12.9. The first-order valence-corrected chi connectivity index (χ1v) is 7.37. The van der Waals surface area contributed by atoms with Crippen molar-refractivity contribution in [2.24, 2.45) is 0 Å². The monoisotopic (exact) mass is 293 g/mol. The van der Waals surface area contributed by atoms with Gasteiger partial charge in [0.05, 0.1) is 4.92 Å². The fraction of sp³-hybridized carbons (Fsp3) is 0.643. The van der Waals surface area contributed by atoms with Gasteiger partial charge in [0, 0.05) is 38.3 Å². The third-order valence-electron chi connectivity index (χ3n) is 3.87. The number of rotatable bonds is 5. The summed E-state index contributed by atoms with van der Waals surface area (Å²) in [4.78, 5) is 19.6. The zero-order chi connectivity index (χ0) is 15.4. The van der Waals surface area contributed by atoms with Gasteiger partial charge in [-0.3, -0.25) is 10.1 Å². The van der Waals surface area contributed by atoms with E-state index in [1.807, 2.05) is 4.90 Å². The van der Waals surface area contributed by atoms with Gasteiger partial charge in [-0.05, 0) is 26.5 Å². The molecular formula is C14H23N5O2. The van der Waals surface area contributed by atoms with Crippen molar-refractivity contribution >= 4 is 17.3 Å². The summed E-state index contributed by atoms with van der Waals surface area (Å²) in [6.07, 6.45) is 0.986. The van der Waals surface area contributed by atoms with E-state index in [1.165, 1.54) is 0 Å². The number of likely N-dealkylation sites (N-methyl/N-ethyl adjacent to an activating group) is 1. The lowest BCUT2D eigenvalue weighted by Gasteiger charge is -2.38. The summed E-state index contributed by atoms with van der Waals surface area (Å²) < 4.78 is 0. The molecule has 21 heavy (non-hydrogen) atoms. The first kappa shape index (κ1) is 15.5. The third-order valence-corrected chi connectivity index (χ3v) is 3.87. The summed E-state index contributed by atoms with van der Waals surface area (Å²) in [5.74, 6) is 1.17. The Morgan fingerprint density at radius 3 is 2.86 bits per heavy atom. The van der Waals surface area contributed by atoms with Crippen LogP contribution in [-0.4, -0.2) is 54.1 Å². The van der Waals surface area contributed by atoms with E-state index in [-0.39, 0.29) is 10.6 Å². The number of nitrogens with one attached hydrogen (secondary N) is 1. The Morgan fingerprint density at radius 2 is 2.24 bits per heavy atom. The van der Waals surface area contributed by atoms with Crippen molar-refractivity contribution in [3.63, 3.8) is 0 Å². The second-order valence-electron chi connectivity index (χ2n) is 5.50. The Labute approximate surface area is 125 Å². The van der Waals surface area contributed by atoms with Crippen LogP contribution in [0.15, 0.2) is 12.1 Å². The molecule has 0 aromatic carbocycles. The molecule has 1 fully saturated rings. The number of nitrogens with zero attached hydrogens (tertiary/aromatic N) is 4. The average Bonchev–Trinajstić information content (AvgIpc) is 2.47. The van der Waals surface area contributed by atoms with E-state index in [4.69, 9.17) is 0 Å². The van der Waals surface area contributed by atoms with Gasteiger partial charge in [0.25, 0.3) is 0 Å². The van der Waals surface area contributed by atoms with Crippen LogP contribution >= 0.6 is 0 Å². The van der Waals surface area contributed by atoms with E-state index in [0.29, 0.717) is 17.7 Å². The highest BCUT2D eigenvalue weighted by Gasteiger charge is 2.27. The fourth-order valence-corrected chi connectivity index (χ4v) is 2.41. The van der Waals surface area contributed by atoms with Crippen LogP contribution in [-0.2, 0) is 0 Å². The molecule has 0 spiro atoms. The van der Waals surface area contributed by atoms with Crippen LogP contribution in [0.5, 0.6) is 0 Å². The van der Waals surface area contributed by atoms with E-state index in [0.717, 1.165) is 32.6 Å². The van der Waals surface area contributed by atoms with Gasteiger partial charge in [-0.25, -0.2) is 4.98 Å². The van der Waals surface area contributed by atoms with Gasteiger partial charge in [-0.15, -0.1) is 0 Å². The number of pyridine rings is 1. The Balaban J connectivity index is 2.27. The second kappa shape index (κ2) is 6.71. The molecule has 1 saturated heterocycles. The minimum absolute atomic E-state index is 0.0776. The normalized spacial score (nSPS) is 19.6. The molecular weight excluding hydrogens is 270 g/mol. The molecule has 1 aliphatic heterocycles. The van der Waals surface area contributed by atoms with Crippen LogP contribution in [0.2, 0.25) is 0 Å². The Morgan fingerprint density at radius 1 is 1.48 bits per heavy atom. The van der Waals surface area contributed by atoms with Gasteiger partial charge in [0.1, 0.15) is 5.82 Å². The number of anilines is 2. The molecule has 7 nitrogen and oxygen atoms in total. The molecule has 2 rings (SSSR count). The molecule has 1 aromatic rings. The molecule has 1 aromatic heterocycles. The molecule has 0 saturated carbocycles. The number of hydrogen-bond donors (Lipinski definition) is 1. The maximum atomic E-state index is 11.2. The SMILES string of the molecule is CCCNc1ccc([N+](=O)[O-])c(N2CCN(C)C(C)C2)n1. The lowest BCUT2D eigenvalue weighted by molar-refractivity contribution is -0.384. The summed E-state index contributed by atoms with van der Waals surface area (Å²) >= 11 is 0. The lowest BCUT2D eigenvalue weighted by atomic mass is 10.2. The fourth-order valence-electron chi connectivity index (χ4n) is 2.41. The van der Waals surface area contributed by atoms with Crippen molar-refractivity contribution in [3.8, 4) is 0 Å². The Kier molecular flexibility index (Phi) is 4.95. The minimum Gasteiger partial charge on any atom is -0.370 e. The summed E-state index contributed by atoms with van der Waals surface area (Å²) in [6, 6.07) is 3.58. The molecule has 1 aliphatic rings. The van der Waals surface area contributed by atoms with Gasteiger partial charge in [0.2, 0.25) is 5.82 Å². The molecule has 0 bridgehead atoms. The third kappa shape index (κ3) is 3.60. The summed E-state index contributed by atoms with van der Waals surface area (Å²) in [5.41, 5.74) is 0.0776. The first-order chi connectivity index (χ1) is 10.0. The highest BCUT2D eigenvalue weighted by Crippen LogP contribution is 2.29. The summed E-state index contributed by atoms with van der Waals surface area (Å²) in [7, 11) is 2.07. The van der Waals surface area contributed by atoms with Crippen LogP contribution < -0.4 is 10.2 Å². The molecule has 7 heteroatoms. The molecule has 1 atom stereocenters. The number of piperazine rings is 1. The van der Waals surface area contributed by atoms with E-state index in [2.05, 4.69) is 36.1 Å². The van der Waals surface area contributed by atoms with Crippen LogP contribution in [0.4, 0.5) is 17.3 Å². The maximum Gasteiger partial charge on any atom is 0.311 e. The van der Waals surface area contributed by atoms with E-state index in [9.17, 15) is 10.1 Å². The van der Waals surface area contributed by atoms with Crippen LogP contribution in [0, 0.1) is 10.1 Å². The standard InChI is InChI=1S/C14H23N5O2/c1-4-7-15-13-6-5-12(19(20)21)14(16-13)18-9-8-17(3)11(2)10-18/h5-6,11H,4,7-10H2,1-3H3,(H,15,16). The molecule has 0 aliphatic carbocycles. The van der Waals surface area contributed by atoms with E-state index in [1.54, 1.807) is 12.1 Å². The van der Waals surface area contributed by atoms with Crippen molar-refractivity contribution in [1.29, 1.82) is 0 Å². The molecule has 0 amide bonds. The highest BCUT2D eigenvalue weighted by atomic mass is 16.6. The smallest absolute Gasteiger partial charge is 0.311 e. The largest absolute Gasteiger partial charge is 0.370 e. The van der Waals surface area contributed by atoms with Crippen molar-refractivity contribution in [3.05, 3.63) is 22.2 Å². The van der Waals surface area contributed by atoms with E-state index >= 15 is 0 Å². The molecule has 116 valence electrons. The van der Waals surface area contributed by atoms with Gasteiger partial charge in [-0.2, -0.15) is 0 Å². The van der Waals surface area contributed by atoms with Crippen LogP contribution in [0.25, 0.3) is 0 Å². The molecule has 2 heterocycles. The summed E-state index contributed by atoms with van der Waals surface area (Å²) in [6.45, 7) is 7.39.